The number of benzene rings is 2. The smallest absolute Gasteiger partial charge is 0.254 e. The fourth-order valence-corrected chi connectivity index (χ4v) is 5.25. The van der Waals surface area contributed by atoms with Crippen LogP contribution < -0.4 is 17.0 Å². The van der Waals surface area contributed by atoms with Crippen LogP contribution in [0.25, 0.3) is 11.4 Å². The molecule has 0 unspecified atom stereocenters. The zero-order valence-electron chi connectivity index (χ0n) is 20.4. The maximum absolute atomic E-state index is 3.74. The van der Waals surface area contributed by atoms with Crippen LogP contribution in [0.15, 0.2) is 51.9 Å². The van der Waals surface area contributed by atoms with Crippen molar-refractivity contribution in [3.8, 4) is 11.4 Å². The van der Waals surface area contributed by atoms with Crippen LogP contribution in [0.5, 0.6) is 0 Å². The number of hydrogen-bond acceptors (Lipinski definition) is 0. The summed E-state index contributed by atoms with van der Waals surface area (Å²) < 4.78 is 6.93. The third-order valence-corrected chi connectivity index (χ3v) is 6.82. The highest BCUT2D eigenvalue weighted by Gasteiger charge is 2.25. The summed E-state index contributed by atoms with van der Waals surface area (Å²) in [6.07, 6.45) is 6.66. The van der Waals surface area contributed by atoms with E-state index in [-0.39, 0.29) is 12.4 Å². The molecule has 3 aromatic rings. The van der Waals surface area contributed by atoms with E-state index in [1.54, 1.807) is 0 Å². The molecular weight excluding hydrogens is 548 g/mol. The average molecular weight is 583 g/mol. The summed E-state index contributed by atoms with van der Waals surface area (Å²) in [7, 11) is 0. The molecule has 3 rings (SSSR count). The van der Waals surface area contributed by atoms with E-state index in [4.69, 9.17) is 0 Å². The highest BCUT2D eigenvalue weighted by Crippen LogP contribution is 2.35. The van der Waals surface area contributed by atoms with Gasteiger partial charge in [-0.2, -0.15) is 0 Å². The van der Waals surface area contributed by atoms with Crippen molar-refractivity contribution >= 4 is 31.9 Å². The van der Waals surface area contributed by atoms with Gasteiger partial charge in [0.1, 0.15) is 23.8 Å². The van der Waals surface area contributed by atoms with E-state index < -0.39 is 0 Å². The summed E-state index contributed by atoms with van der Waals surface area (Å²) >= 11 is 7.47. The molecule has 0 saturated carbocycles. The van der Waals surface area contributed by atoms with Gasteiger partial charge in [-0.1, -0.05) is 87.2 Å². The molecule has 0 atom stereocenters. The Morgan fingerprint density at radius 3 is 1.41 bits per heavy atom. The van der Waals surface area contributed by atoms with Gasteiger partial charge >= 0.3 is 0 Å². The zero-order chi connectivity index (χ0) is 23.0. The molecule has 0 radical (unpaired) electrons. The second-order valence-corrected chi connectivity index (χ2v) is 11.5. The lowest BCUT2D eigenvalue weighted by Crippen LogP contribution is -3.00. The predicted octanol–water partition coefficient (Wildman–Crippen LogP) is 5.78. The minimum Gasteiger partial charge on any atom is -1.00 e. The van der Waals surface area contributed by atoms with Crippen molar-refractivity contribution in [3.63, 3.8) is 0 Å². The van der Waals surface area contributed by atoms with Gasteiger partial charge in [0.25, 0.3) is 6.33 Å². The van der Waals surface area contributed by atoms with E-state index in [0.717, 1.165) is 8.95 Å². The van der Waals surface area contributed by atoms with Gasteiger partial charge in [-0.05, 0) is 47.9 Å². The topological polar surface area (TPSA) is 8.81 Å². The molecule has 0 aliphatic rings. The van der Waals surface area contributed by atoms with Gasteiger partial charge < -0.3 is 12.4 Å². The molecule has 2 aromatic carbocycles. The van der Waals surface area contributed by atoms with E-state index in [0.29, 0.717) is 23.7 Å². The monoisotopic (exact) mass is 580 g/mol. The lowest BCUT2D eigenvalue weighted by Gasteiger charge is -2.18. The van der Waals surface area contributed by atoms with Crippen LogP contribution in [0.1, 0.15) is 101 Å². The number of imidazole rings is 1. The van der Waals surface area contributed by atoms with Crippen LogP contribution in [-0.2, 0) is 0 Å². The van der Waals surface area contributed by atoms with E-state index in [9.17, 15) is 0 Å². The van der Waals surface area contributed by atoms with Crippen molar-refractivity contribution in [1.29, 1.82) is 0 Å². The van der Waals surface area contributed by atoms with Crippen LogP contribution in [0.3, 0.4) is 0 Å². The van der Waals surface area contributed by atoms with Crippen LogP contribution in [-0.4, -0.2) is 4.57 Å². The standard InChI is InChI=1S/C27H35Br2N2.ClH/c1-16(2)22-11-20(28)12-23(17(3)4)26(22)30-9-10-31(15-30)27-24(18(5)6)13-21(29)14-25(27)19(7)8;/h9-19H,1-8H3;1H/q+1;/p-1. The summed E-state index contributed by atoms with van der Waals surface area (Å²) in [5, 5.41) is 0. The molecule has 0 bridgehead atoms. The Morgan fingerprint density at radius 2 is 1.03 bits per heavy atom. The number of aromatic nitrogens is 2. The first-order chi connectivity index (χ1) is 14.5. The lowest BCUT2D eigenvalue weighted by atomic mass is 9.92. The maximum Gasteiger partial charge on any atom is 0.254 e. The van der Waals surface area contributed by atoms with Gasteiger partial charge in [0.2, 0.25) is 0 Å². The quantitative estimate of drug-likeness (QED) is 0.326. The first-order valence-electron chi connectivity index (χ1n) is 11.3. The van der Waals surface area contributed by atoms with E-state index in [1.165, 1.54) is 33.6 Å². The van der Waals surface area contributed by atoms with Gasteiger partial charge in [-0.25, -0.2) is 9.13 Å². The molecule has 5 heteroatoms. The molecule has 0 saturated heterocycles. The van der Waals surface area contributed by atoms with Gasteiger partial charge in [-0.3, -0.25) is 0 Å². The molecule has 0 amide bonds. The van der Waals surface area contributed by atoms with Crippen LogP contribution in [0.4, 0.5) is 0 Å². The molecule has 1 aromatic heterocycles. The minimum absolute atomic E-state index is 0. The largest absolute Gasteiger partial charge is 1.00 e. The average Bonchev–Trinajstić information content (AvgIpc) is 3.15. The predicted molar refractivity (Wildman–Crippen MR) is 139 cm³/mol. The van der Waals surface area contributed by atoms with Crippen molar-refractivity contribution in [1.82, 2.24) is 4.57 Å². The fourth-order valence-electron chi connectivity index (χ4n) is 4.26. The Bertz CT molecular complexity index is 939. The minimum atomic E-state index is 0. The molecule has 2 nitrogen and oxygen atoms in total. The van der Waals surface area contributed by atoms with Crippen molar-refractivity contribution < 1.29 is 17.0 Å². The van der Waals surface area contributed by atoms with Crippen LogP contribution in [0, 0.1) is 0 Å². The first kappa shape index (κ1) is 27.1. The highest BCUT2D eigenvalue weighted by atomic mass is 79.9. The molecule has 0 aliphatic carbocycles. The van der Waals surface area contributed by atoms with Gasteiger partial charge in [-0.15, -0.1) is 0 Å². The second kappa shape index (κ2) is 10.9. The Hall–Kier alpha value is -1.10. The van der Waals surface area contributed by atoms with E-state index >= 15 is 0 Å². The van der Waals surface area contributed by atoms with Crippen LogP contribution >= 0.6 is 31.9 Å². The molecule has 1 heterocycles. The molecule has 0 spiro atoms. The van der Waals surface area contributed by atoms with Gasteiger partial charge in [0, 0.05) is 31.2 Å². The fraction of sp³-hybridized carbons (Fsp3) is 0.444. The van der Waals surface area contributed by atoms with Gasteiger partial charge in [0.15, 0.2) is 0 Å². The Labute approximate surface area is 217 Å². The summed E-state index contributed by atoms with van der Waals surface area (Å²) in [6.45, 7) is 18.2. The molecule has 0 fully saturated rings. The molecule has 0 N–H and O–H groups in total. The number of rotatable bonds is 6. The first-order valence-corrected chi connectivity index (χ1v) is 12.9. The Morgan fingerprint density at radius 1 is 0.656 bits per heavy atom. The molecular formula is C27H35Br2ClN2. The number of nitrogens with zero attached hydrogens (tertiary/aromatic N) is 2. The number of hydrogen-bond donors (Lipinski definition) is 0. The molecule has 174 valence electrons. The maximum atomic E-state index is 3.74. The van der Waals surface area contributed by atoms with E-state index in [1.807, 2.05) is 0 Å². The summed E-state index contributed by atoms with van der Waals surface area (Å²) in [5.41, 5.74) is 8.08. The number of halogens is 3. The Balaban J connectivity index is 0.00000363. The van der Waals surface area contributed by atoms with Crippen LogP contribution in [0.2, 0.25) is 0 Å². The van der Waals surface area contributed by atoms with Crippen molar-refractivity contribution in [2.75, 3.05) is 0 Å². The lowest BCUT2D eigenvalue weighted by molar-refractivity contribution is -0.596. The van der Waals surface area contributed by atoms with Crippen molar-refractivity contribution in [2.24, 2.45) is 0 Å². The summed E-state index contributed by atoms with van der Waals surface area (Å²) in [4.78, 5) is 0. The SMILES string of the molecule is CC(C)c1cc(Br)cc(C(C)C)c1-n1cc[n+](-c2c(C(C)C)cc(Br)cc2C(C)C)c1.[Cl-]. The third-order valence-electron chi connectivity index (χ3n) is 5.91. The summed E-state index contributed by atoms with van der Waals surface area (Å²) in [5.74, 6) is 1.74. The van der Waals surface area contributed by atoms with Gasteiger partial charge in [0.05, 0.1) is 0 Å². The second-order valence-electron chi connectivity index (χ2n) is 9.71. The third kappa shape index (κ3) is 5.51. The normalized spacial score (nSPS) is 11.7. The molecule has 0 aliphatic heterocycles. The Kier molecular flexibility index (Phi) is 9.23. The van der Waals surface area contributed by atoms with Crippen molar-refractivity contribution in [2.45, 2.75) is 79.1 Å². The molecule has 32 heavy (non-hydrogen) atoms. The van der Waals surface area contributed by atoms with E-state index in [2.05, 4.69) is 139 Å². The summed E-state index contributed by atoms with van der Waals surface area (Å²) in [6, 6.07) is 9.09. The van der Waals surface area contributed by atoms with Crippen molar-refractivity contribution in [3.05, 3.63) is 74.2 Å². The highest BCUT2D eigenvalue weighted by molar-refractivity contribution is 9.10. The zero-order valence-corrected chi connectivity index (χ0v) is 24.3.